The zero-order chi connectivity index (χ0) is 24.5. The average Bonchev–Trinajstić information content (AvgIpc) is 3.38. The fraction of sp³-hybridized carbons (Fsp3) is 0.433. The zero-order valence-corrected chi connectivity index (χ0v) is 21.7. The molecule has 1 fully saturated rings. The van der Waals surface area contributed by atoms with E-state index in [4.69, 9.17) is 0 Å². The van der Waals surface area contributed by atoms with E-state index in [0.29, 0.717) is 0 Å². The third-order valence-electron chi connectivity index (χ3n) is 5.74. The van der Waals surface area contributed by atoms with Gasteiger partial charge < -0.3 is 9.80 Å². The summed E-state index contributed by atoms with van der Waals surface area (Å²) >= 11 is 0. The molecular formula is C30H44N2O. The standard InChI is InChI=1S/C11H10.C7H8.C6H11NO.C6H15N/c1-9-6-7-10-4-2-3-5-11(10)8-9;1-7-5-3-2-4-6-7;1-6(8)7-4-2-3-5-7;1-4-7(5-2)6-3/h2-8H,1H3;2-6H,1H3;2-5H2,1H3;4-6H2,1-3H3. The molecule has 0 atom stereocenters. The van der Waals surface area contributed by atoms with Gasteiger partial charge in [-0.2, -0.15) is 0 Å². The van der Waals surface area contributed by atoms with E-state index in [1.54, 1.807) is 6.92 Å². The largest absolute Gasteiger partial charge is 0.343 e. The average molecular weight is 449 g/mol. The van der Waals surface area contributed by atoms with Gasteiger partial charge in [-0.25, -0.2) is 0 Å². The Morgan fingerprint density at radius 2 is 1.24 bits per heavy atom. The molecule has 0 saturated carbocycles. The molecule has 0 radical (unpaired) electrons. The molecule has 0 aromatic heterocycles. The van der Waals surface area contributed by atoms with Crippen LogP contribution >= 0.6 is 0 Å². The Balaban J connectivity index is 0.000000225. The Morgan fingerprint density at radius 3 is 1.64 bits per heavy atom. The van der Waals surface area contributed by atoms with Gasteiger partial charge in [-0.3, -0.25) is 4.79 Å². The molecule has 0 N–H and O–H groups in total. The first-order chi connectivity index (χ1) is 15.9. The fourth-order valence-electron chi connectivity index (χ4n) is 3.55. The van der Waals surface area contributed by atoms with E-state index in [0.717, 1.165) is 13.1 Å². The molecule has 3 heteroatoms. The van der Waals surface area contributed by atoms with Crippen LogP contribution in [-0.2, 0) is 4.79 Å². The van der Waals surface area contributed by atoms with Gasteiger partial charge in [-0.15, -0.1) is 0 Å². The second-order valence-electron chi connectivity index (χ2n) is 8.34. The van der Waals surface area contributed by atoms with Gasteiger partial charge in [0.1, 0.15) is 0 Å². The Kier molecular flexibility index (Phi) is 14.5. The van der Waals surface area contributed by atoms with Crippen molar-refractivity contribution in [2.45, 2.75) is 54.4 Å². The molecule has 1 amide bonds. The number of aryl methyl sites for hydroxylation is 2. The summed E-state index contributed by atoms with van der Waals surface area (Å²) in [7, 11) is 0. The Bertz CT molecular complexity index is 892. The number of carbonyl (C=O) groups excluding carboxylic acids is 1. The molecule has 1 heterocycles. The normalized spacial score (nSPS) is 12.2. The van der Waals surface area contributed by atoms with Gasteiger partial charge in [0.15, 0.2) is 0 Å². The monoisotopic (exact) mass is 448 g/mol. The first-order valence-electron chi connectivity index (χ1n) is 12.4. The number of fused-ring (bicyclic) bond motifs is 1. The number of amides is 1. The van der Waals surface area contributed by atoms with Crippen molar-refractivity contribution in [1.29, 1.82) is 0 Å². The van der Waals surface area contributed by atoms with Gasteiger partial charge in [0, 0.05) is 20.0 Å². The third kappa shape index (κ3) is 12.2. The number of hydrogen-bond donors (Lipinski definition) is 0. The Hall–Kier alpha value is -2.65. The van der Waals surface area contributed by atoms with Crippen LogP contribution in [0.4, 0.5) is 0 Å². The summed E-state index contributed by atoms with van der Waals surface area (Å²) in [5.74, 6) is 0.225. The predicted molar refractivity (Wildman–Crippen MR) is 145 cm³/mol. The SMILES string of the molecule is CC(=O)N1CCCC1.CCN(CC)CC.Cc1ccc2ccccc2c1.Cc1ccccc1. The van der Waals surface area contributed by atoms with Crippen molar-refractivity contribution in [2.24, 2.45) is 0 Å². The first-order valence-corrected chi connectivity index (χ1v) is 12.4. The maximum absolute atomic E-state index is 10.6. The van der Waals surface area contributed by atoms with Crippen LogP contribution in [0.1, 0.15) is 51.7 Å². The summed E-state index contributed by atoms with van der Waals surface area (Å²) in [6, 6.07) is 25.2. The highest BCUT2D eigenvalue weighted by atomic mass is 16.2. The van der Waals surface area contributed by atoms with E-state index < -0.39 is 0 Å². The lowest BCUT2D eigenvalue weighted by molar-refractivity contribution is -0.127. The molecule has 1 aliphatic rings. The highest BCUT2D eigenvalue weighted by Gasteiger charge is 2.12. The molecule has 180 valence electrons. The van der Waals surface area contributed by atoms with Crippen molar-refractivity contribution in [3.63, 3.8) is 0 Å². The van der Waals surface area contributed by atoms with Crippen LogP contribution in [0.5, 0.6) is 0 Å². The van der Waals surface area contributed by atoms with Gasteiger partial charge in [0.05, 0.1) is 0 Å². The fourth-order valence-corrected chi connectivity index (χ4v) is 3.55. The van der Waals surface area contributed by atoms with Crippen molar-refractivity contribution < 1.29 is 4.79 Å². The molecule has 0 unspecified atom stereocenters. The van der Waals surface area contributed by atoms with Crippen LogP contribution in [0.25, 0.3) is 10.8 Å². The smallest absolute Gasteiger partial charge is 0.219 e. The minimum atomic E-state index is 0.225. The summed E-state index contributed by atoms with van der Waals surface area (Å²) in [6.07, 6.45) is 2.39. The van der Waals surface area contributed by atoms with Crippen LogP contribution in [0.2, 0.25) is 0 Å². The number of benzene rings is 3. The Labute approximate surface area is 202 Å². The molecule has 1 aliphatic heterocycles. The van der Waals surface area contributed by atoms with Crippen molar-refractivity contribution in [3.05, 3.63) is 83.9 Å². The van der Waals surface area contributed by atoms with Gasteiger partial charge in [0.2, 0.25) is 5.91 Å². The van der Waals surface area contributed by atoms with Gasteiger partial charge >= 0.3 is 0 Å². The summed E-state index contributed by atoms with van der Waals surface area (Å²) in [4.78, 5) is 14.8. The predicted octanol–water partition coefficient (Wildman–Crippen LogP) is 7.12. The lowest BCUT2D eigenvalue weighted by Gasteiger charge is -2.13. The number of likely N-dealkylation sites (tertiary alicyclic amines) is 1. The van der Waals surface area contributed by atoms with E-state index in [1.807, 2.05) is 23.1 Å². The lowest BCUT2D eigenvalue weighted by Crippen LogP contribution is -2.24. The van der Waals surface area contributed by atoms with Gasteiger partial charge in [-0.1, -0.05) is 105 Å². The first kappa shape index (κ1) is 28.4. The van der Waals surface area contributed by atoms with Crippen molar-refractivity contribution in [2.75, 3.05) is 32.7 Å². The molecule has 0 spiro atoms. The lowest BCUT2D eigenvalue weighted by atomic mass is 10.1. The van der Waals surface area contributed by atoms with Crippen molar-refractivity contribution in [3.8, 4) is 0 Å². The minimum Gasteiger partial charge on any atom is -0.343 e. The van der Waals surface area contributed by atoms with E-state index in [9.17, 15) is 4.79 Å². The molecule has 0 bridgehead atoms. The van der Waals surface area contributed by atoms with Gasteiger partial charge in [-0.05, 0) is 57.1 Å². The van der Waals surface area contributed by atoms with Crippen LogP contribution in [0, 0.1) is 13.8 Å². The third-order valence-corrected chi connectivity index (χ3v) is 5.74. The number of rotatable bonds is 3. The topological polar surface area (TPSA) is 23.6 Å². The van der Waals surface area contributed by atoms with Crippen molar-refractivity contribution >= 4 is 16.7 Å². The maximum atomic E-state index is 10.6. The number of carbonyl (C=O) groups is 1. The summed E-state index contributed by atoms with van der Waals surface area (Å²) in [5.41, 5.74) is 2.64. The van der Waals surface area contributed by atoms with E-state index in [-0.39, 0.29) is 5.91 Å². The highest BCUT2D eigenvalue weighted by Crippen LogP contribution is 2.14. The minimum absolute atomic E-state index is 0.225. The molecule has 3 aromatic rings. The van der Waals surface area contributed by atoms with E-state index >= 15 is 0 Å². The molecular weight excluding hydrogens is 404 g/mol. The highest BCUT2D eigenvalue weighted by molar-refractivity contribution is 5.82. The van der Waals surface area contributed by atoms with Crippen LogP contribution in [0.3, 0.4) is 0 Å². The van der Waals surface area contributed by atoms with E-state index in [2.05, 4.69) is 94.1 Å². The van der Waals surface area contributed by atoms with Gasteiger partial charge in [0.25, 0.3) is 0 Å². The Morgan fingerprint density at radius 1 is 0.727 bits per heavy atom. The number of hydrogen-bond acceptors (Lipinski definition) is 2. The summed E-state index contributed by atoms with van der Waals surface area (Å²) in [6.45, 7) is 17.9. The number of nitrogens with zero attached hydrogens (tertiary/aromatic N) is 2. The quantitative estimate of drug-likeness (QED) is 0.426. The second kappa shape index (κ2) is 16.9. The molecule has 33 heavy (non-hydrogen) atoms. The van der Waals surface area contributed by atoms with E-state index in [1.165, 1.54) is 54.4 Å². The molecule has 1 saturated heterocycles. The molecule has 3 aromatic carbocycles. The maximum Gasteiger partial charge on any atom is 0.219 e. The van der Waals surface area contributed by atoms with Crippen LogP contribution < -0.4 is 0 Å². The van der Waals surface area contributed by atoms with Crippen LogP contribution in [-0.4, -0.2) is 48.4 Å². The molecule has 0 aliphatic carbocycles. The summed E-state index contributed by atoms with van der Waals surface area (Å²) < 4.78 is 0. The molecule has 3 nitrogen and oxygen atoms in total. The van der Waals surface area contributed by atoms with Crippen molar-refractivity contribution in [1.82, 2.24) is 9.80 Å². The van der Waals surface area contributed by atoms with Crippen LogP contribution in [0.15, 0.2) is 72.8 Å². The molecule has 4 rings (SSSR count). The zero-order valence-electron chi connectivity index (χ0n) is 21.7. The second-order valence-corrected chi connectivity index (χ2v) is 8.34. The summed E-state index contributed by atoms with van der Waals surface area (Å²) in [5, 5.41) is 2.64.